The van der Waals surface area contributed by atoms with Crippen molar-refractivity contribution in [3.05, 3.63) is 58.9 Å². The van der Waals surface area contributed by atoms with E-state index in [2.05, 4.69) is 0 Å². The molecule has 0 bridgehead atoms. The van der Waals surface area contributed by atoms with Gasteiger partial charge in [-0.25, -0.2) is 4.39 Å². The van der Waals surface area contributed by atoms with Crippen molar-refractivity contribution in [1.29, 1.82) is 0 Å². The summed E-state index contributed by atoms with van der Waals surface area (Å²) < 4.78 is 24.6. The Balaban J connectivity index is 2.43. The van der Waals surface area contributed by atoms with E-state index >= 15 is 0 Å². The lowest BCUT2D eigenvalue weighted by atomic mass is 9.97. The molecule has 0 heterocycles. The molecule has 0 saturated carbocycles. The molecule has 0 amide bonds. The van der Waals surface area contributed by atoms with Gasteiger partial charge in [-0.2, -0.15) is 0 Å². The van der Waals surface area contributed by atoms with E-state index in [0.29, 0.717) is 22.6 Å². The lowest BCUT2D eigenvalue weighted by Crippen LogP contribution is -2.14. The predicted octanol–water partition coefficient (Wildman–Crippen LogP) is 3.20. The molecule has 0 aliphatic carbocycles. The van der Waals surface area contributed by atoms with Crippen LogP contribution in [0, 0.1) is 12.7 Å². The molecular formula is C16H18FNO2. The zero-order chi connectivity index (χ0) is 14.7. The van der Waals surface area contributed by atoms with Crippen LogP contribution < -0.4 is 15.2 Å². The maximum Gasteiger partial charge on any atom is 0.161 e. The third kappa shape index (κ3) is 2.60. The van der Waals surface area contributed by atoms with Gasteiger partial charge in [-0.3, -0.25) is 0 Å². The van der Waals surface area contributed by atoms with Gasteiger partial charge in [0.2, 0.25) is 0 Å². The highest BCUT2D eigenvalue weighted by Gasteiger charge is 2.16. The molecule has 4 heteroatoms. The largest absolute Gasteiger partial charge is 0.493 e. The molecule has 2 N–H and O–H groups in total. The number of hydrogen-bond donors (Lipinski definition) is 1. The van der Waals surface area contributed by atoms with Crippen LogP contribution in [0.1, 0.15) is 22.7 Å². The molecular weight excluding hydrogens is 257 g/mol. The first kappa shape index (κ1) is 14.3. The zero-order valence-corrected chi connectivity index (χ0v) is 11.8. The Labute approximate surface area is 118 Å². The van der Waals surface area contributed by atoms with E-state index in [1.807, 2.05) is 6.07 Å². The standard InChI is InChI=1S/C16H18FNO2/c1-10-5-4-6-12(15(10)17)16(18)11-7-8-13(19-2)14(9-11)20-3/h4-9,16H,18H2,1-3H3. The average molecular weight is 275 g/mol. The van der Waals surface area contributed by atoms with Crippen molar-refractivity contribution in [2.24, 2.45) is 5.73 Å². The van der Waals surface area contributed by atoms with Gasteiger partial charge in [0.1, 0.15) is 5.82 Å². The van der Waals surface area contributed by atoms with Gasteiger partial charge in [0.25, 0.3) is 0 Å². The normalized spacial score (nSPS) is 12.1. The predicted molar refractivity (Wildman–Crippen MR) is 76.7 cm³/mol. The fraction of sp³-hybridized carbons (Fsp3) is 0.250. The molecule has 3 nitrogen and oxygen atoms in total. The molecule has 0 aromatic heterocycles. The van der Waals surface area contributed by atoms with E-state index in [1.54, 1.807) is 51.5 Å². The quantitative estimate of drug-likeness (QED) is 0.932. The van der Waals surface area contributed by atoms with Crippen molar-refractivity contribution in [1.82, 2.24) is 0 Å². The molecule has 0 fully saturated rings. The van der Waals surface area contributed by atoms with Crippen LogP contribution in [0.5, 0.6) is 11.5 Å². The number of ether oxygens (including phenoxy) is 2. The maximum atomic E-state index is 14.1. The van der Waals surface area contributed by atoms with Gasteiger partial charge in [-0.05, 0) is 30.2 Å². The van der Waals surface area contributed by atoms with Crippen LogP contribution in [0.25, 0.3) is 0 Å². The Morgan fingerprint density at radius 3 is 2.40 bits per heavy atom. The van der Waals surface area contributed by atoms with Gasteiger partial charge >= 0.3 is 0 Å². The number of methoxy groups -OCH3 is 2. The van der Waals surface area contributed by atoms with Crippen molar-refractivity contribution in [2.75, 3.05) is 14.2 Å². The summed E-state index contributed by atoms with van der Waals surface area (Å²) in [5.74, 6) is 0.927. The Bertz CT molecular complexity index is 613. The van der Waals surface area contributed by atoms with Crippen molar-refractivity contribution in [2.45, 2.75) is 13.0 Å². The molecule has 106 valence electrons. The third-order valence-electron chi connectivity index (χ3n) is 3.32. The highest BCUT2D eigenvalue weighted by molar-refractivity contribution is 5.46. The molecule has 1 atom stereocenters. The second kappa shape index (κ2) is 5.92. The molecule has 2 rings (SSSR count). The third-order valence-corrected chi connectivity index (χ3v) is 3.32. The van der Waals surface area contributed by atoms with Crippen molar-refractivity contribution < 1.29 is 13.9 Å². The SMILES string of the molecule is COc1ccc(C(N)c2cccc(C)c2F)cc1OC. The summed E-state index contributed by atoms with van der Waals surface area (Å²) in [6.45, 7) is 1.72. The fourth-order valence-corrected chi connectivity index (χ4v) is 2.14. The first-order valence-electron chi connectivity index (χ1n) is 6.31. The van der Waals surface area contributed by atoms with Gasteiger partial charge in [-0.15, -0.1) is 0 Å². The summed E-state index contributed by atoms with van der Waals surface area (Å²) in [6.07, 6.45) is 0. The van der Waals surface area contributed by atoms with E-state index in [-0.39, 0.29) is 5.82 Å². The zero-order valence-electron chi connectivity index (χ0n) is 11.8. The molecule has 0 spiro atoms. The van der Waals surface area contributed by atoms with E-state index in [1.165, 1.54) is 0 Å². The summed E-state index contributed by atoms with van der Waals surface area (Å²) in [4.78, 5) is 0. The molecule has 0 aliphatic heterocycles. The van der Waals surface area contributed by atoms with Crippen molar-refractivity contribution in [3.8, 4) is 11.5 Å². The van der Waals surface area contributed by atoms with Crippen LogP contribution in [0.4, 0.5) is 4.39 Å². The smallest absolute Gasteiger partial charge is 0.161 e. The Hall–Kier alpha value is -2.07. The topological polar surface area (TPSA) is 44.5 Å². The van der Waals surface area contributed by atoms with Gasteiger partial charge in [0.15, 0.2) is 11.5 Å². The van der Waals surface area contributed by atoms with Crippen LogP contribution in [0.15, 0.2) is 36.4 Å². The molecule has 20 heavy (non-hydrogen) atoms. The van der Waals surface area contributed by atoms with E-state index in [4.69, 9.17) is 15.2 Å². The van der Waals surface area contributed by atoms with Crippen molar-refractivity contribution >= 4 is 0 Å². The van der Waals surface area contributed by atoms with E-state index < -0.39 is 6.04 Å². The summed E-state index contributed by atoms with van der Waals surface area (Å²) in [5, 5.41) is 0. The summed E-state index contributed by atoms with van der Waals surface area (Å²) >= 11 is 0. The van der Waals surface area contributed by atoms with Crippen LogP contribution in [-0.4, -0.2) is 14.2 Å². The van der Waals surface area contributed by atoms with E-state index in [9.17, 15) is 4.39 Å². The minimum Gasteiger partial charge on any atom is -0.493 e. The minimum atomic E-state index is -0.547. The van der Waals surface area contributed by atoms with Gasteiger partial charge in [0, 0.05) is 5.56 Å². The Morgan fingerprint density at radius 2 is 1.75 bits per heavy atom. The highest BCUT2D eigenvalue weighted by atomic mass is 19.1. The summed E-state index contributed by atoms with van der Waals surface area (Å²) in [7, 11) is 3.12. The summed E-state index contributed by atoms with van der Waals surface area (Å²) in [6, 6.07) is 10.0. The number of nitrogens with two attached hydrogens (primary N) is 1. The fourth-order valence-electron chi connectivity index (χ4n) is 2.14. The number of halogens is 1. The van der Waals surface area contributed by atoms with Crippen LogP contribution >= 0.6 is 0 Å². The lowest BCUT2D eigenvalue weighted by molar-refractivity contribution is 0.354. The number of aryl methyl sites for hydroxylation is 1. The maximum absolute atomic E-state index is 14.1. The van der Waals surface area contributed by atoms with Crippen LogP contribution in [0.2, 0.25) is 0 Å². The van der Waals surface area contributed by atoms with E-state index in [0.717, 1.165) is 5.56 Å². The van der Waals surface area contributed by atoms with Crippen LogP contribution in [0.3, 0.4) is 0 Å². The van der Waals surface area contributed by atoms with Gasteiger partial charge in [0.05, 0.1) is 20.3 Å². The first-order valence-corrected chi connectivity index (χ1v) is 6.31. The number of rotatable bonds is 4. The molecule has 1 unspecified atom stereocenters. The van der Waals surface area contributed by atoms with Crippen molar-refractivity contribution in [3.63, 3.8) is 0 Å². The monoisotopic (exact) mass is 275 g/mol. The first-order chi connectivity index (χ1) is 9.58. The van der Waals surface area contributed by atoms with Gasteiger partial charge < -0.3 is 15.2 Å². The van der Waals surface area contributed by atoms with Crippen LogP contribution in [-0.2, 0) is 0 Å². The molecule has 0 radical (unpaired) electrons. The average Bonchev–Trinajstić information content (AvgIpc) is 2.48. The number of hydrogen-bond acceptors (Lipinski definition) is 3. The second-order valence-corrected chi connectivity index (χ2v) is 4.57. The molecule has 0 aliphatic rings. The molecule has 0 saturated heterocycles. The lowest BCUT2D eigenvalue weighted by Gasteiger charge is -2.16. The van der Waals surface area contributed by atoms with Gasteiger partial charge in [-0.1, -0.05) is 24.3 Å². The Kier molecular flexibility index (Phi) is 4.25. The minimum absolute atomic E-state index is 0.269. The number of benzene rings is 2. The molecule has 2 aromatic rings. The second-order valence-electron chi connectivity index (χ2n) is 4.57. The summed E-state index contributed by atoms with van der Waals surface area (Å²) in [5.41, 5.74) is 7.99. The highest BCUT2D eigenvalue weighted by Crippen LogP contribution is 2.32. The molecule has 2 aromatic carbocycles. The Morgan fingerprint density at radius 1 is 1.05 bits per heavy atom.